The van der Waals surface area contributed by atoms with E-state index in [4.69, 9.17) is 4.42 Å². The first-order chi connectivity index (χ1) is 10.8. The number of carboxylic acids is 1. The van der Waals surface area contributed by atoms with Crippen molar-refractivity contribution in [2.75, 3.05) is 5.32 Å². The number of carbonyl (C=O) groups excluding carboxylic acids is 1. The number of benzene rings is 1. The highest BCUT2D eigenvalue weighted by Crippen LogP contribution is 2.58. The highest BCUT2D eigenvalue weighted by molar-refractivity contribution is 6.00. The van der Waals surface area contributed by atoms with Crippen LogP contribution in [0.5, 0.6) is 0 Å². The second kappa shape index (κ2) is 5.22. The molecule has 0 unspecified atom stereocenters. The van der Waals surface area contributed by atoms with Crippen LogP contribution in [-0.4, -0.2) is 22.0 Å². The maximum Gasteiger partial charge on any atom is 0.307 e. The summed E-state index contributed by atoms with van der Waals surface area (Å²) < 4.78 is 5.26. The van der Waals surface area contributed by atoms with Gasteiger partial charge >= 0.3 is 5.97 Å². The molecule has 1 amide bonds. The largest absolute Gasteiger partial charge is 0.481 e. The van der Waals surface area contributed by atoms with Crippen molar-refractivity contribution in [1.29, 1.82) is 0 Å². The zero-order valence-corrected chi connectivity index (χ0v) is 13.2. The minimum Gasteiger partial charge on any atom is -0.481 e. The van der Waals surface area contributed by atoms with E-state index >= 15 is 0 Å². The number of hydrogen-bond acceptors (Lipinski definition) is 4. The van der Waals surface area contributed by atoms with Crippen LogP contribution in [0.2, 0.25) is 0 Å². The number of aliphatic carboxylic acids is 1. The van der Waals surface area contributed by atoms with Crippen LogP contribution in [0, 0.1) is 24.2 Å². The quantitative estimate of drug-likeness (QED) is 0.905. The second-order valence-corrected chi connectivity index (χ2v) is 6.47. The minimum atomic E-state index is -0.930. The highest BCUT2D eigenvalue weighted by Gasteiger charge is 2.65. The molecule has 0 saturated heterocycles. The fraction of sp³-hybridized carbons (Fsp3) is 0.353. The molecular formula is C17H18N2O4. The molecule has 0 radical (unpaired) electrons. The number of aryl methyl sites for hydroxylation is 1. The summed E-state index contributed by atoms with van der Waals surface area (Å²) in [6, 6.07) is 5.50. The van der Waals surface area contributed by atoms with Gasteiger partial charge in [0, 0.05) is 11.3 Å². The first-order valence-corrected chi connectivity index (χ1v) is 7.36. The van der Waals surface area contributed by atoms with E-state index in [-0.39, 0.29) is 5.91 Å². The Hall–Kier alpha value is -2.63. The molecule has 2 aromatic rings. The molecule has 1 heterocycles. The average Bonchev–Trinajstić information content (AvgIpc) is 2.86. The van der Waals surface area contributed by atoms with Crippen molar-refractivity contribution < 1.29 is 19.1 Å². The maximum absolute atomic E-state index is 12.4. The molecule has 1 aliphatic rings. The van der Waals surface area contributed by atoms with Crippen molar-refractivity contribution >= 4 is 17.6 Å². The third-order valence-corrected chi connectivity index (χ3v) is 4.55. The summed E-state index contributed by atoms with van der Waals surface area (Å²) in [6.07, 6.45) is 3.04. The van der Waals surface area contributed by atoms with Gasteiger partial charge in [0.2, 0.25) is 11.8 Å². The third kappa shape index (κ3) is 2.60. The molecule has 6 heteroatoms. The number of nitrogens with zero attached hydrogens (tertiary/aromatic N) is 1. The molecule has 23 heavy (non-hydrogen) atoms. The molecule has 2 N–H and O–H groups in total. The summed E-state index contributed by atoms with van der Waals surface area (Å²) >= 11 is 0. The minimum absolute atomic E-state index is 0.268. The molecule has 120 valence electrons. The number of anilines is 1. The number of aromatic nitrogens is 1. The zero-order valence-electron chi connectivity index (χ0n) is 13.2. The van der Waals surface area contributed by atoms with E-state index in [9.17, 15) is 14.7 Å². The van der Waals surface area contributed by atoms with Crippen LogP contribution in [0.4, 0.5) is 5.69 Å². The van der Waals surface area contributed by atoms with Gasteiger partial charge in [0.25, 0.3) is 0 Å². The first kappa shape index (κ1) is 15.3. The van der Waals surface area contributed by atoms with E-state index in [0.717, 1.165) is 11.1 Å². The van der Waals surface area contributed by atoms with Crippen LogP contribution in [0.25, 0.3) is 11.5 Å². The van der Waals surface area contributed by atoms with Crippen molar-refractivity contribution in [1.82, 2.24) is 4.98 Å². The summed E-state index contributed by atoms with van der Waals surface area (Å²) in [4.78, 5) is 27.7. The summed E-state index contributed by atoms with van der Waals surface area (Å²) in [6.45, 7) is 5.47. The van der Waals surface area contributed by atoms with Gasteiger partial charge in [0.05, 0.1) is 18.0 Å². The molecule has 1 aliphatic carbocycles. The van der Waals surface area contributed by atoms with Gasteiger partial charge in [-0.1, -0.05) is 19.9 Å². The molecule has 3 rings (SSSR count). The van der Waals surface area contributed by atoms with E-state index in [1.54, 1.807) is 26.1 Å². The van der Waals surface area contributed by atoms with Gasteiger partial charge in [-0.25, -0.2) is 4.98 Å². The molecule has 1 fully saturated rings. The fourth-order valence-corrected chi connectivity index (χ4v) is 3.05. The molecule has 1 aromatic heterocycles. The molecule has 0 spiro atoms. The van der Waals surface area contributed by atoms with Crippen LogP contribution >= 0.6 is 0 Å². The van der Waals surface area contributed by atoms with E-state index < -0.39 is 23.2 Å². The van der Waals surface area contributed by atoms with Gasteiger partial charge in [-0.2, -0.15) is 0 Å². The Kier molecular flexibility index (Phi) is 3.47. The normalized spacial score (nSPS) is 21.7. The summed E-state index contributed by atoms with van der Waals surface area (Å²) in [7, 11) is 0. The standard InChI is InChI=1S/C17H18N2O4/c1-9-4-5-10(15-18-6-7-23-15)8-11(9)19-14(20)12-13(16(21)22)17(12,2)3/h4-8,12-13H,1-3H3,(H,19,20)(H,21,22)/t12-,13+/m0/s1. The van der Waals surface area contributed by atoms with Crippen molar-refractivity contribution in [2.24, 2.45) is 17.3 Å². The van der Waals surface area contributed by atoms with Gasteiger partial charge in [0.1, 0.15) is 6.26 Å². The van der Waals surface area contributed by atoms with Gasteiger partial charge < -0.3 is 14.8 Å². The lowest BCUT2D eigenvalue weighted by Gasteiger charge is -2.10. The van der Waals surface area contributed by atoms with Crippen molar-refractivity contribution in [3.63, 3.8) is 0 Å². The van der Waals surface area contributed by atoms with Gasteiger partial charge in [-0.05, 0) is 30.0 Å². The molecule has 1 aromatic carbocycles. The lowest BCUT2D eigenvalue weighted by atomic mass is 10.1. The molecule has 2 atom stereocenters. The van der Waals surface area contributed by atoms with E-state index in [1.165, 1.54) is 6.26 Å². The van der Waals surface area contributed by atoms with Crippen molar-refractivity contribution in [2.45, 2.75) is 20.8 Å². The molecular weight excluding hydrogens is 296 g/mol. The Balaban J connectivity index is 1.82. The number of carbonyl (C=O) groups is 2. The number of nitrogens with one attached hydrogen (secondary N) is 1. The Morgan fingerprint density at radius 2 is 2.04 bits per heavy atom. The fourth-order valence-electron chi connectivity index (χ4n) is 3.05. The Morgan fingerprint density at radius 1 is 1.30 bits per heavy atom. The predicted molar refractivity (Wildman–Crippen MR) is 83.7 cm³/mol. The van der Waals surface area contributed by atoms with Crippen LogP contribution < -0.4 is 5.32 Å². The topological polar surface area (TPSA) is 92.4 Å². The predicted octanol–water partition coefficient (Wildman–Crippen LogP) is 2.95. The molecule has 1 saturated carbocycles. The monoisotopic (exact) mass is 314 g/mol. The van der Waals surface area contributed by atoms with E-state index in [1.807, 2.05) is 19.1 Å². The Labute approximate surface area is 133 Å². The zero-order chi connectivity index (χ0) is 16.8. The molecule has 6 nitrogen and oxygen atoms in total. The SMILES string of the molecule is Cc1ccc(-c2ncco2)cc1NC(=O)[C@@H]1[C@H](C(=O)O)C1(C)C. The summed E-state index contributed by atoms with van der Waals surface area (Å²) in [5.41, 5.74) is 1.75. The van der Waals surface area contributed by atoms with E-state index in [2.05, 4.69) is 10.3 Å². The highest BCUT2D eigenvalue weighted by atomic mass is 16.4. The van der Waals surface area contributed by atoms with Crippen LogP contribution in [0.3, 0.4) is 0 Å². The lowest BCUT2D eigenvalue weighted by Crippen LogP contribution is -2.18. The number of rotatable bonds is 4. The number of carboxylic acid groups (broad SMARTS) is 1. The average molecular weight is 314 g/mol. The molecule has 0 aliphatic heterocycles. The number of amides is 1. The van der Waals surface area contributed by atoms with Crippen molar-refractivity contribution in [3.8, 4) is 11.5 Å². The van der Waals surface area contributed by atoms with Crippen LogP contribution in [-0.2, 0) is 9.59 Å². The maximum atomic E-state index is 12.4. The molecule has 0 bridgehead atoms. The summed E-state index contributed by atoms with van der Waals surface area (Å²) in [5, 5.41) is 12.0. The van der Waals surface area contributed by atoms with Gasteiger partial charge in [-0.3, -0.25) is 9.59 Å². The smallest absolute Gasteiger partial charge is 0.307 e. The lowest BCUT2D eigenvalue weighted by molar-refractivity contribution is -0.140. The van der Waals surface area contributed by atoms with Crippen molar-refractivity contribution in [3.05, 3.63) is 36.2 Å². The third-order valence-electron chi connectivity index (χ3n) is 4.55. The first-order valence-electron chi connectivity index (χ1n) is 7.36. The van der Waals surface area contributed by atoms with Crippen LogP contribution in [0.1, 0.15) is 19.4 Å². The van der Waals surface area contributed by atoms with E-state index in [0.29, 0.717) is 11.6 Å². The second-order valence-electron chi connectivity index (χ2n) is 6.47. The number of hydrogen-bond donors (Lipinski definition) is 2. The van der Waals surface area contributed by atoms with Gasteiger partial charge in [-0.15, -0.1) is 0 Å². The Morgan fingerprint density at radius 3 is 2.61 bits per heavy atom. The summed E-state index contributed by atoms with van der Waals surface area (Å²) in [5.74, 6) is -1.89. The van der Waals surface area contributed by atoms with Gasteiger partial charge in [0.15, 0.2) is 0 Å². The Bertz CT molecular complexity index is 765. The number of oxazole rings is 1. The van der Waals surface area contributed by atoms with Crippen LogP contribution in [0.15, 0.2) is 35.1 Å².